The van der Waals surface area contributed by atoms with E-state index in [9.17, 15) is 4.79 Å². The molecule has 0 aromatic carbocycles. The molecule has 0 aliphatic carbocycles. The third-order valence-corrected chi connectivity index (χ3v) is 3.87. The summed E-state index contributed by atoms with van der Waals surface area (Å²) in [6, 6.07) is 0. The Labute approximate surface area is 131 Å². The number of unbranched alkanes of at least 4 members (excludes halogenated alkanes) is 13. The number of carbonyl (C=O) groups is 1. The molecule has 0 aliphatic rings. The van der Waals surface area contributed by atoms with Gasteiger partial charge in [-0.3, -0.25) is 0 Å². The Bertz CT molecular complexity index is 217. The van der Waals surface area contributed by atoms with E-state index in [0.717, 1.165) is 12.8 Å². The van der Waals surface area contributed by atoms with Crippen LogP contribution in [0.15, 0.2) is 0 Å². The van der Waals surface area contributed by atoms with Gasteiger partial charge in [0.1, 0.15) is 6.61 Å². The molecule has 0 aromatic rings. The normalized spacial score (nSPS) is 10.9. The molecule has 0 fully saturated rings. The first kappa shape index (κ1) is 20.4. The molecule has 0 rings (SSSR count). The average Bonchev–Trinajstić information content (AvgIpc) is 2.46. The Morgan fingerprint density at radius 3 is 1.48 bits per heavy atom. The van der Waals surface area contributed by atoms with Crippen molar-refractivity contribution in [3.05, 3.63) is 0 Å². The lowest BCUT2D eigenvalue weighted by molar-refractivity contribution is -0.142. The van der Waals surface area contributed by atoms with Crippen molar-refractivity contribution in [1.29, 1.82) is 0 Å². The minimum absolute atomic E-state index is 0.154. The second-order valence-corrected chi connectivity index (χ2v) is 6.04. The monoisotopic (exact) mass is 300 g/mol. The molecule has 0 aromatic heterocycles. The maximum Gasteiger partial charge on any atom is 0.329 e. The quantitative estimate of drug-likeness (QED) is 0.357. The summed E-state index contributed by atoms with van der Waals surface area (Å²) in [6.45, 7) is 2.70. The lowest BCUT2D eigenvalue weighted by atomic mass is 10.0. The standard InChI is InChI=1S/C18H36O3/c1-2-3-4-5-6-7-8-9-10-11-12-13-14-15-16-21-17-18(19)20/h2-17H2,1H3,(H,19,20). The van der Waals surface area contributed by atoms with Crippen LogP contribution in [0.3, 0.4) is 0 Å². The van der Waals surface area contributed by atoms with Crippen molar-refractivity contribution in [1.82, 2.24) is 0 Å². The van der Waals surface area contributed by atoms with Gasteiger partial charge in [0.05, 0.1) is 0 Å². The van der Waals surface area contributed by atoms with Gasteiger partial charge < -0.3 is 9.84 Å². The van der Waals surface area contributed by atoms with Gasteiger partial charge in [0.2, 0.25) is 0 Å². The predicted molar refractivity (Wildman–Crippen MR) is 88.8 cm³/mol. The molecule has 0 saturated carbocycles. The van der Waals surface area contributed by atoms with Gasteiger partial charge in [0.25, 0.3) is 0 Å². The Kier molecular flexibility index (Phi) is 17.0. The fourth-order valence-corrected chi connectivity index (χ4v) is 2.56. The molecule has 0 aliphatic heterocycles. The number of aliphatic carboxylic acids is 1. The third-order valence-electron chi connectivity index (χ3n) is 3.87. The fourth-order valence-electron chi connectivity index (χ4n) is 2.56. The van der Waals surface area contributed by atoms with Crippen LogP contribution in [0.25, 0.3) is 0 Å². The van der Waals surface area contributed by atoms with Crippen molar-refractivity contribution in [3.63, 3.8) is 0 Å². The number of hydrogen-bond donors (Lipinski definition) is 1. The van der Waals surface area contributed by atoms with E-state index in [1.54, 1.807) is 0 Å². The first-order chi connectivity index (χ1) is 10.3. The largest absolute Gasteiger partial charge is 0.480 e. The summed E-state index contributed by atoms with van der Waals surface area (Å²) in [5, 5.41) is 8.40. The van der Waals surface area contributed by atoms with E-state index < -0.39 is 5.97 Å². The smallest absolute Gasteiger partial charge is 0.329 e. The summed E-state index contributed by atoms with van der Waals surface area (Å²) in [5.74, 6) is -0.875. The van der Waals surface area contributed by atoms with Gasteiger partial charge >= 0.3 is 5.97 Å². The second kappa shape index (κ2) is 17.5. The molecule has 21 heavy (non-hydrogen) atoms. The van der Waals surface area contributed by atoms with E-state index in [0.29, 0.717) is 6.61 Å². The van der Waals surface area contributed by atoms with E-state index in [1.807, 2.05) is 0 Å². The van der Waals surface area contributed by atoms with Crippen LogP contribution in [0.4, 0.5) is 0 Å². The average molecular weight is 300 g/mol. The predicted octanol–water partition coefficient (Wildman–Crippen LogP) is 5.57. The summed E-state index contributed by atoms with van der Waals surface area (Å²) in [7, 11) is 0. The molecule has 0 amide bonds. The zero-order valence-electron chi connectivity index (χ0n) is 14.1. The van der Waals surface area contributed by atoms with Gasteiger partial charge in [0, 0.05) is 6.61 Å². The first-order valence-electron chi connectivity index (χ1n) is 9.07. The molecule has 3 nitrogen and oxygen atoms in total. The maximum atomic E-state index is 10.2. The molecule has 3 heteroatoms. The molecule has 126 valence electrons. The van der Waals surface area contributed by atoms with E-state index in [4.69, 9.17) is 9.84 Å². The second-order valence-electron chi connectivity index (χ2n) is 6.04. The zero-order valence-corrected chi connectivity index (χ0v) is 14.1. The molecule has 0 bridgehead atoms. The number of ether oxygens (including phenoxy) is 1. The number of carboxylic acid groups (broad SMARTS) is 1. The van der Waals surface area contributed by atoms with Crippen LogP contribution in [0, 0.1) is 0 Å². The molecule has 0 atom stereocenters. The Balaban J connectivity index is 2.95. The van der Waals surface area contributed by atoms with Crippen LogP contribution >= 0.6 is 0 Å². The molecule has 1 N–H and O–H groups in total. The van der Waals surface area contributed by atoms with Gasteiger partial charge in [-0.1, -0.05) is 90.4 Å². The Morgan fingerprint density at radius 2 is 1.10 bits per heavy atom. The summed E-state index contributed by atoms with van der Waals surface area (Å²) >= 11 is 0. The van der Waals surface area contributed by atoms with Gasteiger partial charge in [0.15, 0.2) is 0 Å². The van der Waals surface area contributed by atoms with Crippen molar-refractivity contribution in [3.8, 4) is 0 Å². The lowest BCUT2D eigenvalue weighted by Gasteiger charge is -2.03. The Hall–Kier alpha value is -0.570. The highest BCUT2D eigenvalue weighted by molar-refractivity contribution is 5.67. The van der Waals surface area contributed by atoms with Gasteiger partial charge in [-0.15, -0.1) is 0 Å². The molecule has 0 radical (unpaired) electrons. The van der Waals surface area contributed by atoms with Crippen LogP contribution < -0.4 is 0 Å². The summed E-state index contributed by atoms with van der Waals surface area (Å²) in [5.41, 5.74) is 0. The van der Waals surface area contributed by atoms with Gasteiger partial charge in [-0.05, 0) is 6.42 Å². The first-order valence-corrected chi connectivity index (χ1v) is 9.07. The highest BCUT2D eigenvalue weighted by atomic mass is 16.5. The maximum absolute atomic E-state index is 10.2. The highest BCUT2D eigenvalue weighted by Gasteiger charge is 1.96. The third kappa shape index (κ3) is 19.4. The fraction of sp³-hybridized carbons (Fsp3) is 0.944. The number of hydrogen-bond acceptors (Lipinski definition) is 2. The highest BCUT2D eigenvalue weighted by Crippen LogP contribution is 2.12. The van der Waals surface area contributed by atoms with E-state index in [-0.39, 0.29) is 6.61 Å². The van der Waals surface area contributed by atoms with Crippen LogP contribution in [0.1, 0.15) is 96.8 Å². The van der Waals surface area contributed by atoms with Crippen LogP contribution in [0.2, 0.25) is 0 Å². The zero-order chi connectivity index (χ0) is 15.6. The summed E-state index contributed by atoms with van der Waals surface area (Å²) < 4.78 is 5.00. The van der Waals surface area contributed by atoms with Crippen molar-refractivity contribution < 1.29 is 14.6 Å². The topological polar surface area (TPSA) is 46.5 Å². The van der Waals surface area contributed by atoms with E-state index in [1.165, 1.54) is 77.0 Å². The number of rotatable bonds is 17. The minimum Gasteiger partial charge on any atom is -0.480 e. The summed E-state index contributed by atoms with van der Waals surface area (Å²) in [6.07, 6.45) is 18.7. The summed E-state index contributed by atoms with van der Waals surface area (Å²) in [4.78, 5) is 10.2. The van der Waals surface area contributed by atoms with Crippen molar-refractivity contribution in [2.75, 3.05) is 13.2 Å². The van der Waals surface area contributed by atoms with Crippen molar-refractivity contribution in [2.24, 2.45) is 0 Å². The molecule has 0 spiro atoms. The molecule has 0 heterocycles. The van der Waals surface area contributed by atoms with E-state index >= 15 is 0 Å². The van der Waals surface area contributed by atoms with Gasteiger partial charge in [-0.25, -0.2) is 4.79 Å². The van der Waals surface area contributed by atoms with Crippen molar-refractivity contribution in [2.45, 2.75) is 96.8 Å². The Morgan fingerprint density at radius 1 is 0.714 bits per heavy atom. The molecule has 0 unspecified atom stereocenters. The SMILES string of the molecule is CCCCCCCCCCCCCCCCOCC(=O)O. The van der Waals surface area contributed by atoms with E-state index in [2.05, 4.69) is 6.92 Å². The number of carboxylic acids is 1. The molecular weight excluding hydrogens is 264 g/mol. The van der Waals surface area contributed by atoms with Gasteiger partial charge in [-0.2, -0.15) is 0 Å². The molecular formula is C18H36O3. The van der Waals surface area contributed by atoms with Crippen LogP contribution in [0.5, 0.6) is 0 Å². The lowest BCUT2D eigenvalue weighted by Crippen LogP contribution is -2.07. The van der Waals surface area contributed by atoms with Crippen molar-refractivity contribution >= 4 is 5.97 Å². The molecule has 0 saturated heterocycles. The van der Waals surface area contributed by atoms with Crippen LogP contribution in [-0.2, 0) is 9.53 Å². The minimum atomic E-state index is -0.875. The van der Waals surface area contributed by atoms with Crippen LogP contribution in [-0.4, -0.2) is 24.3 Å².